The van der Waals surface area contributed by atoms with Gasteiger partial charge in [-0.3, -0.25) is 0 Å². The molecule has 0 aliphatic carbocycles. The van der Waals surface area contributed by atoms with Gasteiger partial charge in [-0.1, -0.05) is 18.9 Å². The molecule has 0 saturated carbocycles. The van der Waals surface area contributed by atoms with Crippen molar-refractivity contribution in [2.45, 2.75) is 20.4 Å². The third kappa shape index (κ3) is 2.12. The van der Waals surface area contributed by atoms with Crippen molar-refractivity contribution in [3.05, 3.63) is 5.89 Å². The summed E-state index contributed by atoms with van der Waals surface area (Å²) < 4.78 is 5.55. The molecule has 1 aliphatic rings. The maximum absolute atomic E-state index is 5.55. The lowest BCUT2D eigenvalue weighted by Gasteiger charge is -2.10. The average Bonchev–Trinajstić information content (AvgIpc) is 2.76. The molecule has 2 unspecified atom stereocenters. The van der Waals surface area contributed by atoms with Gasteiger partial charge in [0.05, 0.1) is 6.54 Å². The van der Waals surface area contributed by atoms with Gasteiger partial charge in [-0.2, -0.15) is 0 Å². The Morgan fingerprint density at radius 3 is 2.60 bits per heavy atom. The second kappa shape index (κ2) is 4.18. The first kappa shape index (κ1) is 10.4. The van der Waals surface area contributed by atoms with E-state index in [1.807, 2.05) is 7.05 Å². The van der Waals surface area contributed by atoms with Gasteiger partial charge in [0.1, 0.15) is 0 Å². The van der Waals surface area contributed by atoms with E-state index in [0.29, 0.717) is 30.3 Å². The minimum atomic E-state index is 0.631. The van der Waals surface area contributed by atoms with Gasteiger partial charge in [-0.05, 0) is 18.9 Å². The summed E-state index contributed by atoms with van der Waals surface area (Å²) in [6.07, 6.45) is 0. The van der Waals surface area contributed by atoms with Gasteiger partial charge in [0.25, 0.3) is 0 Å². The normalized spacial score (nSPS) is 26.2. The van der Waals surface area contributed by atoms with Crippen molar-refractivity contribution in [2.24, 2.45) is 11.8 Å². The molecule has 2 atom stereocenters. The molecule has 1 fully saturated rings. The van der Waals surface area contributed by atoms with Gasteiger partial charge in [-0.25, -0.2) is 0 Å². The SMILES string of the molecule is CNCc1nnc(N2CC(C)C(C)C2)o1. The van der Waals surface area contributed by atoms with E-state index < -0.39 is 0 Å². The maximum Gasteiger partial charge on any atom is 0.318 e. The molecule has 5 heteroatoms. The third-order valence-electron chi connectivity index (χ3n) is 3.04. The topological polar surface area (TPSA) is 54.2 Å². The number of nitrogens with zero attached hydrogens (tertiary/aromatic N) is 3. The number of anilines is 1. The highest BCUT2D eigenvalue weighted by atomic mass is 16.4. The summed E-state index contributed by atoms with van der Waals surface area (Å²) in [5.74, 6) is 2.05. The van der Waals surface area contributed by atoms with E-state index in [0.717, 1.165) is 13.1 Å². The van der Waals surface area contributed by atoms with Gasteiger partial charge < -0.3 is 14.6 Å². The lowest BCUT2D eigenvalue weighted by molar-refractivity contribution is 0.475. The average molecular weight is 210 g/mol. The summed E-state index contributed by atoms with van der Waals surface area (Å²) in [7, 11) is 1.86. The Labute approximate surface area is 89.9 Å². The van der Waals surface area contributed by atoms with Crippen molar-refractivity contribution in [3.63, 3.8) is 0 Å². The standard InChI is InChI=1S/C10H18N4O/c1-7-5-14(6-8(7)2)10-13-12-9(15-10)4-11-3/h7-8,11H,4-6H2,1-3H3. The van der Waals surface area contributed by atoms with E-state index in [1.165, 1.54) is 0 Å². The summed E-state index contributed by atoms with van der Waals surface area (Å²) >= 11 is 0. The lowest BCUT2D eigenvalue weighted by Crippen LogP contribution is -2.19. The molecule has 5 nitrogen and oxygen atoms in total. The number of nitrogens with one attached hydrogen (secondary N) is 1. The molecule has 2 heterocycles. The molecule has 1 aliphatic heterocycles. The number of hydrogen-bond acceptors (Lipinski definition) is 5. The van der Waals surface area contributed by atoms with Crippen LogP contribution in [-0.4, -0.2) is 30.3 Å². The van der Waals surface area contributed by atoms with Crippen LogP contribution in [0.3, 0.4) is 0 Å². The molecule has 0 radical (unpaired) electrons. The van der Waals surface area contributed by atoms with Crippen LogP contribution in [0.25, 0.3) is 0 Å². The van der Waals surface area contributed by atoms with Gasteiger partial charge >= 0.3 is 6.01 Å². The summed E-state index contributed by atoms with van der Waals surface area (Å²) in [4.78, 5) is 2.17. The molecule has 1 saturated heterocycles. The Kier molecular flexibility index (Phi) is 2.90. The Bertz CT molecular complexity index is 315. The highest BCUT2D eigenvalue weighted by Crippen LogP contribution is 2.26. The highest BCUT2D eigenvalue weighted by Gasteiger charge is 2.29. The molecule has 0 aromatic carbocycles. The van der Waals surface area contributed by atoms with Crippen molar-refractivity contribution in [1.82, 2.24) is 15.5 Å². The molecule has 2 rings (SSSR count). The summed E-state index contributed by atoms with van der Waals surface area (Å²) in [5, 5.41) is 11.0. The zero-order valence-electron chi connectivity index (χ0n) is 9.53. The molecule has 15 heavy (non-hydrogen) atoms. The fraction of sp³-hybridized carbons (Fsp3) is 0.800. The maximum atomic E-state index is 5.55. The second-order valence-electron chi connectivity index (χ2n) is 4.37. The van der Waals surface area contributed by atoms with E-state index in [4.69, 9.17) is 4.42 Å². The van der Waals surface area contributed by atoms with E-state index in [-0.39, 0.29) is 0 Å². The Morgan fingerprint density at radius 2 is 2.00 bits per heavy atom. The van der Waals surface area contributed by atoms with Gasteiger partial charge in [0.2, 0.25) is 5.89 Å². The molecule has 0 bridgehead atoms. The van der Waals surface area contributed by atoms with Crippen LogP contribution in [0.5, 0.6) is 0 Å². The molecule has 0 spiro atoms. The molecular weight excluding hydrogens is 192 g/mol. The van der Waals surface area contributed by atoms with Gasteiger partial charge in [-0.15, -0.1) is 5.10 Å². The van der Waals surface area contributed by atoms with Crippen molar-refractivity contribution >= 4 is 6.01 Å². The van der Waals surface area contributed by atoms with Crippen molar-refractivity contribution in [3.8, 4) is 0 Å². The Balaban J connectivity index is 2.04. The van der Waals surface area contributed by atoms with E-state index in [9.17, 15) is 0 Å². The molecule has 1 aromatic heterocycles. The van der Waals surface area contributed by atoms with Gasteiger partial charge in [0.15, 0.2) is 0 Å². The first-order valence-electron chi connectivity index (χ1n) is 5.42. The minimum Gasteiger partial charge on any atom is -0.407 e. The quantitative estimate of drug-likeness (QED) is 0.802. The summed E-state index contributed by atoms with van der Waals surface area (Å²) in [6, 6.07) is 0.663. The lowest BCUT2D eigenvalue weighted by atomic mass is 10.0. The Morgan fingerprint density at radius 1 is 1.33 bits per heavy atom. The molecular formula is C10H18N4O. The molecule has 1 aromatic rings. The Hall–Kier alpha value is -1.10. The smallest absolute Gasteiger partial charge is 0.318 e. The number of rotatable bonds is 3. The van der Waals surface area contributed by atoms with E-state index in [2.05, 4.69) is 34.3 Å². The highest BCUT2D eigenvalue weighted by molar-refractivity contribution is 5.26. The predicted octanol–water partition coefficient (Wildman–Crippen LogP) is 0.881. The second-order valence-corrected chi connectivity index (χ2v) is 4.37. The molecule has 0 amide bonds. The van der Waals surface area contributed by atoms with E-state index in [1.54, 1.807) is 0 Å². The van der Waals surface area contributed by atoms with Gasteiger partial charge in [0, 0.05) is 13.1 Å². The fourth-order valence-corrected chi connectivity index (χ4v) is 1.88. The minimum absolute atomic E-state index is 0.631. The zero-order valence-corrected chi connectivity index (χ0v) is 9.53. The first-order chi connectivity index (χ1) is 7.20. The molecule has 84 valence electrons. The van der Waals surface area contributed by atoms with Crippen LogP contribution in [0.4, 0.5) is 6.01 Å². The van der Waals surface area contributed by atoms with Crippen LogP contribution in [0.15, 0.2) is 4.42 Å². The fourth-order valence-electron chi connectivity index (χ4n) is 1.88. The first-order valence-corrected chi connectivity index (χ1v) is 5.42. The summed E-state index contributed by atoms with van der Waals surface area (Å²) in [5.41, 5.74) is 0. The number of hydrogen-bond donors (Lipinski definition) is 1. The van der Waals surface area contributed by atoms with Crippen LogP contribution in [-0.2, 0) is 6.54 Å². The largest absolute Gasteiger partial charge is 0.407 e. The van der Waals surface area contributed by atoms with E-state index >= 15 is 0 Å². The zero-order chi connectivity index (χ0) is 10.8. The van der Waals surface area contributed by atoms with Crippen molar-refractivity contribution < 1.29 is 4.42 Å². The van der Waals surface area contributed by atoms with Crippen LogP contribution in [0, 0.1) is 11.8 Å². The predicted molar refractivity (Wildman–Crippen MR) is 57.6 cm³/mol. The van der Waals surface area contributed by atoms with Crippen LogP contribution < -0.4 is 10.2 Å². The number of aromatic nitrogens is 2. The van der Waals surface area contributed by atoms with Crippen molar-refractivity contribution in [2.75, 3.05) is 25.0 Å². The van der Waals surface area contributed by atoms with Crippen LogP contribution in [0.1, 0.15) is 19.7 Å². The monoisotopic (exact) mass is 210 g/mol. The third-order valence-corrected chi connectivity index (χ3v) is 3.04. The van der Waals surface area contributed by atoms with Crippen LogP contribution in [0.2, 0.25) is 0 Å². The van der Waals surface area contributed by atoms with Crippen LogP contribution >= 0.6 is 0 Å². The summed E-state index contributed by atoms with van der Waals surface area (Å²) in [6.45, 7) is 7.18. The molecule has 1 N–H and O–H groups in total. The van der Waals surface area contributed by atoms with Crippen molar-refractivity contribution in [1.29, 1.82) is 0 Å².